The molecule has 308 valence electrons. The molecule has 0 atom stereocenters. The minimum Gasteiger partial charge on any atom is -0.457 e. The molecule has 0 N–H and O–H groups in total. The SMILES string of the molecule is c1ccc2c(c1)Oc1ccccc1C21c2ccccc2-c2cc(N(c3ccc4c(c3)C3(c5ccccc5Oc5ccccc53)c3ccccc3-4)c3cccc4c3oc3ccccc34)ccc21. The van der Waals surface area contributed by atoms with Crippen LogP contribution < -0.4 is 14.4 Å². The third-order valence-corrected chi connectivity index (χ3v) is 14.8. The summed E-state index contributed by atoms with van der Waals surface area (Å²) < 4.78 is 20.3. The molecule has 0 bridgehead atoms. The molecule has 4 nitrogen and oxygen atoms in total. The summed E-state index contributed by atoms with van der Waals surface area (Å²) in [4.78, 5) is 2.42. The summed E-state index contributed by atoms with van der Waals surface area (Å²) in [6.45, 7) is 0. The van der Waals surface area contributed by atoms with Gasteiger partial charge in [-0.3, -0.25) is 0 Å². The Kier molecular flexibility index (Phi) is 7.05. The summed E-state index contributed by atoms with van der Waals surface area (Å²) in [5.41, 5.74) is 17.9. The highest BCUT2D eigenvalue weighted by Gasteiger charge is 2.53. The lowest BCUT2D eigenvalue weighted by Crippen LogP contribution is -2.32. The zero-order chi connectivity index (χ0) is 43.1. The third kappa shape index (κ3) is 4.43. The van der Waals surface area contributed by atoms with Gasteiger partial charge in [-0.05, 0) is 105 Å². The van der Waals surface area contributed by atoms with E-state index in [0.717, 1.165) is 84.3 Å². The number of fused-ring (bicyclic) bond motifs is 21. The molecule has 0 fully saturated rings. The van der Waals surface area contributed by atoms with Crippen LogP contribution in [0.15, 0.2) is 229 Å². The van der Waals surface area contributed by atoms with E-state index in [2.05, 4.69) is 223 Å². The summed E-state index contributed by atoms with van der Waals surface area (Å²) >= 11 is 0. The second kappa shape index (κ2) is 13.0. The van der Waals surface area contributed by atoms with Crippen LogP contribution >= 0.6 is 0 Å². The number of furan rings is 1. The van der Waals surface area contributed by atoms with E-state index in [1.807, 2.05) is 6.07 Å². The molecule has 2 spiro atoms. The van der Waals surface area contributed by atoms with Gasteiger partial charge in [0.2, 0.25) is 0 Å². The van der Waals surface area contributed by atoms with Gasteiger partial charge in [0.25, 0.3) is 0 Å². The monoisotopic (exact) mass is 843 g/mol. The van der Waals surface area contributed by atoms with Crippen LogP contribution in [0.1, 0.15) is 44.5 Å². The van der Waals surface area contributed by atoms with E-state index < -0.39 is 10.8 Å². The number of ether oxygens (including phenoxy) is 2. The minimum atomic E-state index is -0.627. The number of para-hydroxylation sites is 6. The second-order valence-electron chi connectivity index (χ2n) is 17.8. The molecule has 0 saturated heterocycles. The summed E-state index contributed by atoms with van der Waals surface area (Å²) in [5.74, 6) is 3.50. The van der Waals surface area contributed by atoms with Crippen LogP contribution in [-0.4, -0.2) is 0 Å². The molecule has 0 unspecified atom stereocenters. The van der Waals surface area contributed by atoms with Gasteiger partial charge in [-0.2, -0.15) is 0 Å². The number of benzene rings is 10. The number of hydrogen-bond donors (Lipinski definition) is 0. The topological polar surface area (TPSA) is 34.8 Å². The number of rotatable bonds is 3. The van der Waals surface area contributed by atoms with Gasteiger partial charge in [0.05, 0.1) is 16.5 Å². The standard InChI is InChI=1S/C62H37NO3/c1-4-20-46-40(16-1)42-34-32-39(37-53(42)62(46)51-24-8-13-30-58(51)65-59-31-14-9-25-52(59)62)63(54-26-15-19-44-43-18-3-10-27-55(43)66-60(44)54)38-33-35-48-45(36-38)41-17-2-5-21-47(41)61(48)49-22-6-11-28-56(49)64-57-29-12-7-23-50(57)61/h1-37H. The van der Waals surface area contributed by atoms with E-state index >= 15 is 0 Å². The van der Waals surface area contributed by atoms with Crippen LogP contribution in [0.2, 0.25) is 0 Å². The van der Waals surface area contributed by atoms with Gasteiger partial charge in [-0.15, -0.1) is 0 Å². The molecule has 4 heteroatoms. The summed E-state index contributed by atoms with van der Waals surface area (Å²) in [5, 5.41) is 2.17. The van der Waals surface area contributed by atoms with Crippen molar-refractivity contribution >= 4 is 39.0 Å². The maximum atomic E-state index is 6.90. The molecule has 11 aromatic rings. The van der Waals surface area contributed by atoms with E-state index in [0.29, 0.717) is 0 Å². The van der Waals surface area contributed by atoms with Gasteiger partial charge in [0.15, 0.2) is 5.58 Å². The number of anilines is 3. The van der Waals surface area contributed by atoms with Gasteiger partial charge in [0, 0.05) is 44.4 Å². The minimum absolute atomic E-state index is 0.574. The molecule has 0 saturated carbocycles. The highest BCUT2D eigenvalue weighted by molar-refractivity contribution is 6.10. The predicted molar refractivity (Wildman–Crippen MR) is 263 cm³/mol. The Balaban J connectivity index is 1.02. The van der Waals surface area contributed by atoms with Crippen molar-refractivity contribution in [2.75, 3.05) is 4.90 Å². The molecule has 66 heavy (non-hydrogen) atoms. The quantitative estimate of drug-likeness (QED) is 0.177. The van der Waals surface area contributed by atoms with E-state index in [1.165, 1.54) is 44.5 Å². The summed E-state index contributed by atoms with van der Waals surface area (Å²) in [7, 11) is 0. The van der Waals surface area contributed by atoms with Crippen LogP contribution in [0.4, 0.5) is 17.1 Å². The Bertz CT molecular complexity index is 3790. The Labute approximate surface area is 381 Å². The molecule has 4 aliphatic rings. The fraction of sp³-hybridized carbons (Fsp3) is 0.0323. The zero-order valence-electron chi connectivity index (χ0n) is 35.5. The van der Waals surface area contributed by atoms with E-state index in [9.17, 15) is 0 Å². The van der Waals surface area contributed by atoms with Crippen molar-refractivity contribution in [1.82, 2.24) is 0 Å². The maximum absolute atomic E-state index is 6.90. The predicted octanol–water partition coefficient (Wildman–Crippen LogP) is 16.0. The first kappa shape index (κ1) is 35.8. The smallest absolute Gasteiger partial charge is 0.159 e. The van der Waals surface area contributed by atoms with Crippen molar-refractivity contribution in [3.05, 3.63) is 269 Å². The first-order valence-corrected chi connectivity index (χ1v) is 22.7. The average molecular weight is 844 g/mol. The average Bonchev–Trinajstić information content (AvgIpc) is 4.00. The molecule has 15 rings (SSSR count). The van der Waals surface area contributed by atoms with Crippen molar-refractivity contribution < 1.29 is 13.9 Å². The molecule has 1 aromatic heterocycles. The Morgan fingerprint density at radius 2 is 0.742 bits per heavy atom. The van der Waals surface area contributed by atoms with E-state index in [1.54, 1.807) is 0 Å². The fourth-order valence-corrected chi connectivity index (χ4v) is 12.3. The molecule has 2 aliphatic carbocycles. The van der Waals surface area contributed by atoms with E-state index in [4.69, 9.17) is 13.9 Å². The van der Waals surface area contributed by atoms with E-state index in [-0.39, 0.29) is 0 Å². The third-order valence-electron chi connectivity index (χ3n) is 14.8. The zero-order valence-corrected chi connectivity index (χ0v) is 35.5. The largest absolute Gasteiger partial charge is 0.457 e. The lowest BCUT2D eigenvalue weighted by Gasteiger charge is -2.40. The number of hydrogen-bond acceptors (Lipinski definition) is 4. The summed E-state index contributed by atoms with van der Waals surface area (Å²) in [6.07, 6.45) is 0. The van der Waals surface area contributed by atoms with Gasteiger partial charge in [-0.25, -0.2) is 0 Å². The highest BCUT2D eigenvalue weighted by atomic mass is 16.5. The van der Waals surface area contributed by atoms with Crippen molar-refractivity contribution in [2.45, 2.75) is 10.8 Å². The molecule has 3 heterocycles. The van der Waals surface area contributed by atoms with Crippen molar-refractivity contribution in [3.8, 4) is 45.3 Å². The maximum Gasteiger partial charge on any atom is 0.159 e. The van der Waals surface area contributed by atoms with Crippen LogP contribution in [0.3, 0.4) is 0 Å². The Morgan fingerprint density at radius 3 is 1.36 bits per heavy atom. The molecule has 2 aliphatic heterocycles. The molecule has 0 radical (unpaired) electrons. The van der Waals surface area contributed by atoms with Crippen molar-refractivity contribution in [2.24, 2.45) is 0 Å². The van der Waals surface area contributed by atoms with Gasteiger partial charge >= 0.3 is 0 Å². The summed E-state index contributed by atoms with van der Waals surface area (Å²) in [6, 6.07) is 81.1. The molecular weight excluding hydrogens is 807 g/mol. The van der Waals surface area contributed by atoms with Crippen LogP contribution in [0, 0.1) is 0 Å². The Hall–Kier alpha value is -8.60. The first-order chi connectivity index (χ1) is 32.7. The van der Waals surface area contributed by atoms with Gasteiger partial charge < -0.3 is 18.8 Å². The van der Waals surface area contributed by atoms with Crippen molar-refractivity contribution in [1.29, 1.82) is 0 Å². The number of nitrogens with zero attached hydrogens (tertiary/aromatic N) is 1. The second-order valence-corrected chi connectivity index (χ2v) is 17.8. The fourth-order valence-electron chi connectivity index (χ4n) is 12.3. The molecule has 0 amide bonds. The first-order valence-electron chi connectivity index (χ1n) is 22.7. The lowest BCUT2D eigenvalue weighted by atomic mass is 9.66. The van der Waals surface area contributed by atoms with Gasteiger partial charge in [-0.1, -0.05) is 164 Å². The highest BCUT2D eigenvalue weighted by Crippen LogP contribution is 2.65. The van der Waals surface area contributed by atoms with Gasteiger partial charge in [0.1, 0.15) is 28.6 Å². The molecule has 10 aromatic carbocycles. The van der Waals surface area contributed by atoms with Crippen molar-refractivity contribution in [3.63, 3.8) is 0 Å². The van der Waals surface area contributed by atoms with Crippen LogP contribution in [0.5, 0.6) is 23.0 Å². The molecular formula is C62H37NO3. The van der Waals surface area contributed by atoms with Crippen LogP contribution in [-0.2, 0) is 10.8 Å². The normalized spacial score (nSPS) is 14.5. The Morgan fingerprint density at radius 1 is 0.303 bits per heavy atom. The lowest BCUT2D eigenvalue weighted by molar-refractivity contribution is 0.436. The van der Waals surface area contributed by atoms with Crippen LogP contribution in [0.25, 0.3) is 44.2 Å².